The molecule has 0 unspecified atom stereocenters. The fourth-order valence-electron chi connectivity index (χ4n) is 2.20. The SMILES string of the molecule is O=C1C=CC(=Nc2cc(Cl)c(O)c(Cl)c2)C=C1c1ccccc1. The zero-order chi connectivity index (χ0) is 16.4. The summed E-state index contributed by atoms with van der Waals surface area (Å²) in [6.45, 7) is 0. The molecule has 1 N–H and O–H groups in total. The standard InChI is InChI=1S/C18H11Cl2NO2/c19-15-9-13(10-16(20)18(15)23)21-12-6-7-17(22)14(8-12)11-4-2-1-3-5-11/h1-10,23H. The summed E-state index contributed by atoms with van der Waals surface area (Å²) in [5.74, 6) is -0.246. The van der Waals surface area contributed by atoms with E-state index in [0.29, 0.717) is 17.0 Å². The van der Waals surface area contributed by atoms with E-state index in [1.807, 2.05) is 30.3 Å². The summed E-state index contributed by atoms with van der Waals surface area (Å²) in [4.78, 5) is 16.5. The maximum absolute atomic E-state index is 12.1. The van der Waals surface area contributed by atoms with E-state index in [2.05, 4.69) is 4.99 Å². The van der Waals surface area contributed by atoms with Crippen molar-refractivity contribution in [1.82, 2.24) is 0 Å². The summed E-state index contributed by atoms with van der Waals surface area (Å²) in [5.41, 5.74) is 2.50. The third-order valence-electron chi connectivity index (χ3n) is 3.31. The van der Waals surface area contributed by atoms with Crippen molar-refractivity contribution in [2.24, 2.45) is 4.99 Å². The van der Waals surface area contributed by atoms with Gasteiger partial charge in [0.2, 0.25) is 0 Å². The quantitative estimate of drug-likeness (QED) is 0.780. The fraction of sp³-hybridized carbons (Fsp3) is 0. The number of phenols is 1. The molecule has 0 aliphatic heterocycles. The van der Waals surface area contributed by atoms with Gasteiger partial charge in [0.05, 0.1) is 21.4 Å². The van der Waals surface area contributed by atoms with Gasteiger partial charge in [0.1, 0.15) is 0 Å². The molecule has 0 saturated heterocycles. The lowest BCUT2D eigenvalue weighted by Crippen LogP contribution is -2.06. The van der Waals surface area contributed by atoms with E-state index < -0.39 is 0 Å². The molecule has 1 aliphatic rings. The first-order valence-electron chi connectivity index (χ1n) is 6.81. The number of rotatable bonds is 2. The van der Waals surface area contributed by atoms with E-state index in [4.69, 9.17) is 23.2 Å². The molecule has 0 heterocycles. The number of benzene rings is 2. The second kappa shape index (κ2) is 6.41. The molecule has 0 spiro atoms. The van der Waals surface area contributed by atoms with Gasteiger partial charge in [-0.15, -0.1) is 0 Å². The smallest absolute Gasteiger partial charge is 0.186 e. The highest BCUT2D eigenvalue weighted by Crippen LogP contribution is 2.36. The maximum atomic E-state index is 12.1. The molecule has 5 heteroatoms. The van der Waals surface area contributed by atoms with Crippen LogP contribution in [0.3, 0.4) is 0 Å². The van der Waals surface area contributed by atoms with Crippen LogP contribution >= 0.6 is 23.2 Å². The van der Waals surface area contributed by atoms with E-state index in [-0.39, 0.29) is 21.6 Å². The Morgan fingerprint density at radius 3 is 2.26 bits per heavy atom. The summed E-state index contributed by atoms with van der Waals surface area (Å²) in [6, 6.07) is 12.4. The topological polar surface area (TPSA) is 49.7 Å². The summed E-state index contributed by atoms with van der Waals surface area (Å²) < 4.78 is 0. The van der Waals surface area contributed by atoms with Gasteiger partial charge in [0.25, 0.3) is 0 Å². The first kappa shape index (κ1) is 15.5. The van der Waals surface area contributed by atoms with Crippen LogP contribution < -0.4 is 0 Å². The molecule has 0 radical (unpaired) electrons. The molecular weight excluding hydrogens is 333 g/mol. The molecule has 0 fully saturated rings. The Morgan fingerprint density at radius 2 is 1.61 bits per heavy atom. The Labute approximate surface area is 143 Å². The van der Waals surface area contributed by atoms with Crippen LogP contribution in [0.4, 0.5) is 5.69 Å². The Kier molecular flexibility index (Phi) is 4.33. The van der Waals surface area contributed by atoms with Gasteiger partial charge < -0.3 is 5.11 Å². The summed E-state index contributed by atoms with van der Waals surface area (Å²) in [6.07, 6.45) is 4.82. The van der Waals surface area contributed by atoms with Gasteiger partial charge in [0, 0.05) is 5.57 Å². The number of aliphatic imine (C=N–C) groups is 1. The zero-order valence-electron chi connectivity index (χ0n) is 11.8. The fourth-order valence-corrected chi connectivity index (χ4v) is 2.67. The van der Waals surface area contributed by atoms with Crippen LogP contribution in [-0.2, 0) is 4.79 Å². The van der Waals surface area contributed by atoms with Crippen LogP contribution in [0.2, 0.25) is 10.0 Å². The van der Waals surface area contributed by atoms with Crippen molar-refractivity contribution in [1.29, 1.82) is 0 Å². The van der Waals surface area contributed by atoms with E-state index in [1.165, 1.54) is 18.2 Å². The van der Waals surface area contributed by atoms with Crippen LogP contribution in [0.15, 0.2) is 65.7 Å². The van der Waals surface area contributed by atoms with E-state index >= 15 is 0 Å². The number of carbonyl (C=O) groups excluding carboxylic acids is 1. The van der Waals surface area contributed by atoms with Gasteiger partial charge in [-0.1, -0.05) is 53.5 Å². The number of nitrogens with zero attached hydrogens (tertiary/aromatic N) is 1. The van der Waals surface area contributed by atoms with Crippen LogP contribution in [0, 0.1) is 0 Å². The molecule has 0 amide bonds. The summed E-state index contributed by atoms with van der Waals surface area (Å²) >= 11 is 11.8. The van der Waals surface area contributed by atoms with Gasteiger partial charge in [-0.05, 0) is 35.9 Å². The molecule has 1 aliphatic carbocycles. The number of hydrogen-bond donors (Lipinski definition) is 1. The van der Waals surface area contributed by atoms with Crippen LogP contribution in [-0.4, -0.2) is 16.6 Å². The molecule has 3 rings (SSSR count). The molecule has 2 aromatic carbocycles. The highest BCUT2D eigenvalue weighted by molar-refractivity contribution is 6.38. The van der Waals surface area contributed by atoms with Gasteiger partial charge >= 0.3 is 0 Å². The van der Waals surface area contributed by atoms with E-state index in [0.717, 1.165) is 5.56 Å². The largest absolute Gasteiger partial charge is 0.505 e. The second-order valence-corrected chi connectivity index (χ2v) is 5.73. The minimum Gasteiger partial charge on any atom is -0.505 e. The lowest BCUT2D eigenvalue weighted by molar-refractivity contribution is -0.109. The number of halogens is 2. The second-order valence-electron chi connectivity index (χ2n) is 4.92. The molecule has 23 heavy (non-hydrogen) atoms. The maximum Gasteiger partial charge on any atom is 0.186 e. The monoisotopic (exact) mass is 343 g/mol. The Hall–Kier alpha value is -2.36. The molecule has 0 saturated carbocycles. The van der Waals surface area contributed by atoms with Crippen molar-refractivity contribution in [3.8, 4) is 5.75 Å². The molecule has 114 valence electrons. The average Bonchev–Trinajstić information content (AvgIpc) is 2.55. The van der Waals surface area contributed by atoms with Gasteiger partial charge in [0.15, 0.2) is 11.5 Å². The number of phenolic OH excluding ortho intramolecular Hbond substituents is 1. The Bertz CT molecular complexity index is 845. The molecule has 0 atom stereocenters. The Morgan fingerprint density at radius 1 is 0.957 bits per heavy atom. The average molecular weight is 344 g/mol. The number of hydrogen-bond acceptors (Lipinski definition) is 3. The van der Waals surface area contributed by atoms with Crippen molar-refractivity contribution in [2.45, 2.75) is 0 Å². The molecule has 2 aromatic rings. The predicted molar refractivity (Wildman–Crippen MR) is 93.8 cm³/mol. The lowest BCUT2D eigenvalue weighted by atomic mass is 9.96. The number of ketones is 1. The van der Waals surface area contributed by atoms with Crippen molar-refractivity contribution >= 4 is 46.0 Å². The van der Waals surface area contributed by atoms with Crippen molar-refractivity contribution in [3.63, 3.8) is 0 Å². The third-order valence-corrected chi connectivity index (χ3v) is 3.88. The van der Waals surface area contributed by atoms with E-state index in [1.54, 1.807) is 12.2 Å². The number of carbonyl (C=O) groups is 1. The highest BCUT2D eigenvalue weighted by atomic mass is 35.5. The van der Waals surface area contributed by atoms with Gasteiger partial charge in [-0.3, -0.25) is 4.79 Å². The number of allylic oxidation sites excluding steroid dienone is 4. The highest BCUT2D eigenvalue weighted by Gasteiger charge is 2.14. The minimum atomic E-state index is -0.174. The van der Waals surface area contributed by atoms with E-state index in [9.17, 15) is 9.90 Å². The van der Waals surface area contributed by atoms with Gasteiger partial charge in [-0.25, -0.2) is 4.99 Å². The zero-order valence-corrected chi connectivity index (χ0v) is 13.3. The van der Waals surface area contributed by atoms with Crippen LogP contribution in [0.5, 0.6) is 5.75 Å². The first-order chi connectivity index (χ1) is 11.0. The third kappa shape index (κ3) is 3.36. The van der Waals surface area contributed by atoms with Gasteiger partial charge in [-0.2, -0.15) is 0 Å². The van der Waals surface area contributed by atoms with Crippen LogP contribution in [0.25, 0.3) is 5.57 Å². The van der Waals surface area contributed by atoms with Crippen molar-refractivity contribution in [3.05, 3.63) is 76.3 Å². The predicted octanol–water partition coefficient (Wildman–Crippen LogP) is 4.99. The summed E-state index contributed by atoms with van der Waals surface area (Å²) in [7, 11) is 0. The minimum absolute atomic E-state index is 0.0723. The Balaban J connectivity index is 2.02. The van der Waals surface area contributed by atoms with Crippen molar-refractivity contribution in [2.75, 3.05) is 0 Å². The normalized spacial score (nSPS) is 15.8. The number of aromatic hydroxyl groups is 1. The molecular formula is C18H11Cl2NO2. The van der Waals surface area contributed by atoms with Crippen molar-refractivity contribution < 1.29 is 9.90 Å². The summed E-state index contributed by atoms with van der Waals surface area (Å²) in [5, 5.41) is 9.83. The van der Waals surface area contributed by atoms with Crippen LogP contribution in [0.1, 0.15) is 5.56 Å². The molecule has 0 bridgehead atoms. The lowest BCUT2D eigenvalue weighted by Gasteiger charge is -2.09. The molecule has 0 aromatic heterocycles. The first-order valence-corrected chi connectivity index (χ1v) is 7.56. The molecule has 3 nitrogen and oxygen atoms in total.